The maximum Gasteiger partial charge on any atom is 0.255 e. The minimum atomic E-state index is -0.502. The zero-order valence-corrected chi connectivity index (χ0v) is 17.1. The number of carbonyl (C=O) groups is 1. The fourth-order valence-corrected chi connectivity index (χ4v) is 3.38. The molecule has 1 amide bonds. The van der Waals surface area contributed by atoms with E-state index >= 15 is 0 Å². The number of hydrogen-bond acceptors (Lipinski definition) is 4. The molecule has 1 aliphatic rings. The van der Waals surface area contributed by atoms with Crippen molar-refractivity contribution in [3.8, 4) is 11.5 Å². The van der Waals surface area contributed by atoms with Crippen LogP contribution in [-0.4, -0.2) is 31.1 Å². The number of fused-ring (bicyclic) bond motifs is 1. The minimum absolute atomic E-state index is 0.0892. The smallest absolute Gasteiger partial charge is 0.255 e. The normalized spacial score (nSPS) is 17.6. The van der Waals surface area contributed by atoms with Crippen molar-refractivity contribution in [2.75, 3.05) is 13.7 Å². The zero-order chi connectivity index (χ0) is 20.9. The summed E-state index contributed by atoms with van der Waals surface area (Å²) in [4.78, 5) is 15.2. The number of rotatable bonds is 6. The topological polar surface area (TPSA) is 98.0 Å². The van der Waals surface area contributed by atoms with E-state index in [-0.39, 0.29) is 18.2 Å². The molecule has 1 aliphatic heterocycles. The van der Waals surface area contributed by atoms with Gasteiger partial charge in [0.1, 0.15) is 17.1 Å². The van der Waals surface area contributed by atoms with Crippen molar-refractivity contribution in [2.24, 2.45) is 10.7 Å². The molecule has 2 aromatic rings. The molecule has 3 rings (SSSR count). The molecule has 0 fully saturated rings. The van der Waals surface area contributed by atoms with Gasteiger partial charge in [0.25, 0.3) is 5.91 Å². The van der Waals surface area contributed by atoms with Gasteiger partial charge in [-0.1, -0.05) is 30.3 Å². The van der Waals surface area contributed by atoms with E-state index in [0.29, 0.717) is 18.3 Å². The molecule has 7 nitrogen and oxygen atoms in total. The van der Waals surface area contributed by atoms with Crippen LogP contribution in [0.25, 0.3) is 0 Å². The first kappa shape index (κ1) is 20.5. The second-order valence-corrected chi connectivity index (χ2v) is 7.63. The molecule has 154 valence electrons. The molecule has 0 bridgehead atoms. The van der Waals surface area contributed by atoms with Crippen LogP contribution >= 0.6 is 0 Å². The van der Waals surface area contributed by atoms with Gasteiger partial charge in [-0.25, -0.2) is 0 Å². The molecule has 4 N–H and O–H groups in total. The van der Waals surface area contributed by atoms with E-state index in [2.05, 4.69) is 35.5 Å². The summed E-state index contributed by atoms with van der Waals surface area (Å²) in [5.41, 5.74) is 6.98. The lowest BCUT2D eigenvalue weighted by Crippen LogP contribution is -2.45. The quantitative estimate of drug-likeness (QED) is 0.515. The monoisotopic (exact) mass is 396 g/mol. The van der Waals surface area contributed by atoms with Gasteiger partial charge < -0.3 is 25.8 Å². The zero-order valence-electron chi connectivity index (χ0n) is 17.1. The Hall–Kier alpha value is -3.22. The number of aliphatic imine (C=N–C) groups is 1. The number of benzene rings is 2. The molecular formula is C22H28N4O3. The number of para-hydroxylation sites is 1. The van der Waals surface area contributed by atoms with Crippen LogP contribution in [0, 0.1) is 0 Å². The van der Waals surface area contributed by atoms with Crippen LogP contribution in [0.1, 0.15) is 37.4 Å². The number of nitrogens with zero attached hydrogens (tertiary/aromatic N) is 1. The molecule has 1 heterocycles. The Balaban J connectivity index is 1.64. The third-order valence-electron chi connectivity index (χ3n) is 4.65. The second kappa shape index (κ2) is 8.86. The van der Waals surface area contributed by atoms with Gasteiger partial charge in [-0.3, -0.25) is 9.79 Å². The molecule has 2 aromatic carbocycles. The molecule has 29 heavy (non-hydrogen) atoms. The summed E-state index contributed by atoms with van der Waals surface area (Å²) in [6, 6.07) is 15.7. The highest BCUT2D eigenvalue weighted by Crippen LogP contribution is 2.39. The van der Waals surface area contributed by atoms with Crippen LogP contribution in [0.4, 0.5) is 0 Å². The van der Waals surface area contributed by atoms with Gasteiger partial charge >= 0.3 is 0 Å². The summed E-state index contributed by atoms with van der Waals surface area (Å²) in [6.45, 7) is 4.59. The van der Waals surface area contributed by atoms with Crippen LogP contribution in [0.15, 0.2) is 53.5 Å². The number of amides is 1. The van der Waals surface area contributed by atoms with E-state index in [1.165, 1.54) is 0 Å². The van der Waals surface area contributed by atoms with E-state index in [4.69, 9.17) is 15.2 Å². The average Bonchev–Trinajstić information content (AvgIpc) is 2.69. The predicted octanol–water partition coefficient (Wildman–Crippen LogP) is 2.52. The molecule has 1 unspecified atom stereocenters. The number of nitrogens with one attached hydrogen (secondary N) is 2. The summed E-state index contributed by atoms with van der Waals surface area (Å²) >= 11 is 0. The van der Waals surface area contributed by atoms with Gasteiger partial charge in [0, 0.05) is 25.6 Å². The Bertz CT molecular complexity index is 895. The van der Waals surface area contributed by atoms with E-state index < -0.39 is 5.91 Å². The third-order valence-corrected chi connectivity index (χ3v) is 4.65. The molecule has 0 spiro atoms. The highest BCUT2D eigenvalue weighted by molar-refractivity contribution is 5.80. The molecule has 0 aromatic heterocycles. The van der Waals surface area contributed by atoms with Crippen molar-refractivity contribution in [1.82, 2.24) is 10.6 Å². The van der Waals surface area contributed by atoms with Crippen molar-refractivity contribution in [3.63, 3.8) is 0 Å². The summed E-state index contributed by atoms with van der Waals surface area (Å²) < 4.78 is 11.5. The Kier molecular flexibility index (Phi) is 6.26. The maximum atomic E-state index is 10.9. The minimum Gasteiger partial charge on any atom is -0.487 e. The van der Waals surface area contributed by atoms with Crippen LogP contribution in [0.2, 0.25) is 0 Å². The number of ether oxygens (including phenoxy) is 2. The maximum absolute atomic E-state index is 10.9. The Morgan fingerprint density at radius 3 is 2.83 bits per heavy atom. The summed E-state index contributed by atoms with van der Waals surface area (Å²) in [5.74, 6) is 1.70. The second-order valence-electron chi connectivity index (χ2n) is 7.63. The number of primary amides is 1. The van der Waals surface area contributed by atoms with Crippen molar-refractivity contribution >= 4 is 11.9 Å². The van der Waals surface area contributed by atoms with Crippen LogP contribution < -0.4 is 25.8 Å². The first-order valence-electron chi connectivity index (χ1n) is 9.61. The molecule has 7 heteroatoms. The lowest BCUT2D eigenvalue weighted by Gasteiger charge is -2.38. The number of hydrogen-bond donors (Lipinski definition) is 3. The summed E-state index contributed by atoms with van der Waals surface area (Å²) in [6.07, 6.45) is 0.821. The van der Waals surface area contributed by atoms with Crippen molar-refractivity contribution in [2.45, 2.75) is 38.5 Å². The molecule has 0 saturated heterocycles. The lowest BCUT2D eigenvalue weighted by atomic mass is 9.90. The van der Waals surface area contributed by atoms with Gasteiger partial charge in [0.2, 0.25) is 0 Å². The van der Waals surface area contributed by atoms with Crippen molar-refractivity contribution in [3.05, 3.63) is 59.7 Å². The van der Waals surface area contributed by atoms with E-state index in [0.717, 1.165) is 23.3 Å². The van der Waals surface area contributed by atoms with Gasteiger partial charge in [-0.15, -0.1) is 0 Å². The SMILES string of the molecule is CN=C(NCc1cccc(OCC(N)=O)c1)NC1CC(C)(C)Oc2ccccc21. The van der Waals surface area contributed by atoms with Crippen LogP contribution in [0.5, 0.6) is 11.5 Å². The average molecular weight is 396 g/mol. The lowest BCUT2D eigenvalue weighted by molar-refractivity contribution is -0.119. The fourth-order valence-electron chi connectivity index (χ4n) is 3.38. The van der Waals surface area contributed by atoms with E-state index in [1.807, 2.05) is 36.4 Å². The van der Waals surface area contributed by atoms with Crippen molar-refractivity contribution in [1.29, 1.82) is 0 Å². The Morgan fingerprint density at radius 2 is 2.07 bits per heavy atom. The Morgan fingerprint density at radius 1 is 1.28 bits per heavy atom. The number of guanidine groups is 1. The largest absolute Gasteiger partial charge is 0.487 e. The van der Waals surface area contributed by atoms with Crippen LogP contribution in [-0.2, 0) is 11.3 Å². The van der Waals surface area contributed by atoms with Gasteiger partial charge in [-0.2, -0.15) is 0 Å². The standard InChI is InChI=1S/C22H28N4O3/c1-22(2)12-18(17-9-4-5-10-19(17)29-22)26-21(24-3)25-13-15-7-6-8-16(11-15)28-14-20(23)27/h4-11,18H,12-14H2,1-3H3,(H2,23,27)(H2,24,25,26). The van der Waals surface area contributed by atoms with Crippen molar-refractivity contribution < 1.29 is 14.3 Å². The summed E-state index contributed by atoms with van der Waals surface area (Å²) in [7, 11) is 1.75. The fraction of sp³-hybridized carbons (Fsp3) is 0.364. The first-order chi connectivity index (χ1) is 13.9. The first-order valence-corrected chi connectivity index (χ1v) is 9.61. The van der Waals surface area contributed by atoms with Gasteiger partial charge in [-0.05, 0) is 37.6 Å². The van der Waals surface area contributed by atoms with E-state index in [9.17, 15) is 4.79 Å². The summed E-state index contributed by atoms with van der Waals surface area (Å²) in [5, 5.41) is 6.84. The molecule has 0 saturated carbocycles. The third kappa shape index (κ3) is 5.63. The highest BCUT2D eigenvalue weighted by Gasteiger charge is 2.33. The highest BCUT2D eigenvalue weighted by atomic mass is 16.5. The molecule has 0 aliphatic carbocycles. The number of carbonyl (C=O) groups excluding carboxylic acids is 1. The number of nitrogens with two attached hydrogens (primary N) is 1. The van der Waals surface area contributed by atoms with E-state index in [1.54, 1.807) is 13.1 Å². The van der Waals surface area contributed by atoms with Crippen LogP contribution in [0.3, 0.4) is 0 Å². The molecular weight excluding hydrogens is 368 g/mol. The van der Waals surface area contributed by atoms with Gasteiger partial charge in [0.05, 0.1) is 6.04 Å². The van der Waals surface area contributed by atoms with Gasteiger partial charge in [0.15, 0.2) is 12.6 Å². The predicted molar refractivity (Wildman–Crippen MR) is 113 cm³/mol. The molecule has 1 atom stereocenters. The molecule has 0 radical (unpaired) electrons. The Labute approximate surface area is 171 Å².